The molecule has 0 atom stereocenters. The Kier molecular flexibility index (Phi) is 3.98. The van der Waals surface area contributed by atoms with Crippen LogP contribution in [-0.2, 0) is 6.61 Å². The number of carboxylic acids is 1. The van der Waals surface area contributed by atoms with Crippen LogP contribution in [0.5, 0.6) is 11.5 Å². The molecule has 0 fully saturated rings. The molecule has 0 bridgehead atoms. The molecule has 112 valence electrons. The van der Waals surface area contributed by atoms with E-state index in [0.717, 1.165) is 15.6 Å². The predicted molar refractivity (Wildman–Crippen MR) is 86.1 cm³/mol. The van der Waals surface area contributed by atoms with Crippen molar-refractivity contribution in [1.29, 1.82) is 0 Å². The van der Waals surface area contributed by atoms with Crippen molar-refractivity contribution in [1.82, 2.24) is 0 Å². The normalized spacial score (nSPS) is 10.6. The monoisotopic (exact) mass is 314 g/mol. The van der Waals surface area contributed by atoms with Crippen LogP contribution < -0.4 is 9.47 Å². The summed E-state index contributed by atoms with van der Waals surface area (Å²) in [6, 6.07) is 12.6. The van der Waals surface area contributed by atoms with Gasteiger partial charge in [-0.05, 0) is 41.1 Å². The summed E-state index contributed by atoms with van der Waals surface area (Å²) in [4.78, 5) is 11.1. The quantitative estimate of drug-likeness (QED) is 0.767. The summed E-state index contributed by atoms with van der Waals surface area (Å²) in [6.07, 6.45) is 0. The summed E-state index contributed by atoms with van der Waals surface area (Å²) in [5.41, 5.74) is 1.25. The molecule has 1 heterocycles. The van der Waals surface area contributed by atoms with E-state index in [9.17, 15) is 4.79 Å². The smallest absolute Gasteiger partial charge is 0.335 e. The Morgan fingerprint density at radius 2 is 1.95 bits per heavy atom. The van der Waals surface area contributed by atoms with Crippen LogP contribution in [0, 0.1) is 0 Å². The summed E-state index contributed by atoms with van der Waals surface area (Å²) >= 11 is 1.58. The number of rotatable bonds is 5. The highest BCUT2D eigenvalue weighted by Crippen LogP contribution is 2.30. The number of methoxy groups -OCH3 is 1. The Morgan fingerprint density at radius 1 is 1.18 bits per heavy atom. The van der Waals surface area contributed by atoms with Gasteiger partial charge in [-0.15, -0.1) is 11.3 Å². The van der Waals surface area contributed by atoms with Crippen molar-refractivity contribution in [3.63, 3.8) is 0 Å². The van der Waals surface area contributed by atoms with E-state index in [1.54, 1.807) is 30.6 Å². The van der Waals surface area contributed by atoms with Crippen LogP contribution in [0.2, 0.25) is 0 Å². The highest BCUT2D eigenvalue weighted by atomic mass is 32.1. The van der Waals surface area contributed by atoms with E-state index in [0.29, 0.717) is 18.1 Å². The summed E-state index contributed by atoms with van der Waals surface area (Å²) in [6.45, 7) is 0.365. The Balaban J connectivity index is 1.87. The van der Waals surface area contributed by atoms with E-state index in [-0.39, 0.29) is 5.56 Å². The second kappa shape index (κ2) is 6.07. The number of carbonyl (C=O) groups is 1. The van der Waals surface area contributed by atoms with E-state index in [4.69, 9.17) is 14.6 Å². The van der Waals surface area contributed by atoms with Crippen LogP contribution in [0.25, 0.3) is 10.1 Å². The van der Waals surface area contributed by atoms with Gasteiger partial charge in [0.1, 0.15) is 6.61 Å². The lowest BCUT2D eigenvalue weighted by Gasteiger charge is -2.09. The fraction of sp³-hybridized carbons (Fsp3) is 0.118. The van der Waals surface area contributed by atoms with E-state index in [1.807, 2.05) is 35.7 Å². The zero-order valence-electron chi connectivity index (χ0n) is 11.9. The van der Waals surface area contributed by atoms with Crippen LogP contribution in [0.4, 0.5) is 0 Å². The third-order valence-corrected chi connectivity index (χ3v) is 4.37. The Bertz CT molecular complexity index is 822. The van der Waals surface area contributed by atoms with Gasteiger partial charge in [0.15, 0.2) is 11.5 Å². The van der Waals surface area contributed by atoms with E-state index in [1.165, 1.54) is 0 Å². The molecule has 3 rings (SSSR count). The minimum Gasteiger partial charge on any atom is -0.493 e. The van der Waals surface area contributed by atoms with E-state index >= 15 is 0 Å². The minimum atomic E-state index is -0.926. The molecule has 0 radical (unpaired) electrons. The van der Waals surface area contributed by atoms with Crippen LogP contribution in [0.3, 0.4) is 0 Å². The second-order valence-electron chi connectivity index (χ2n) is 4.72. The van der Waals surface area contributed by atoms with Crippen molar-refractivity contribution in [3.05, 3.63) is 59.0 Å². The molecule has 1 N–H and O–H groups in total. The van der Waals surface area contributed by atoms with Gasteiger partial charge in [-0.1, -0.05) is 12.1 Å². The van der Waals surface area contributed by atoms with E-state index < -0.39 is 5.97 Å². The number of hydrogen-bond donors (Lipinski definition) is 1. The largest absolute Gasteiger partial charge is 0.493 e. The number of para-hydroxylation sites is 2. The Hall–Kier alpha value is -2.53. The molecule has 0 spiro atoms. The van der Waals surface area contributed by atoms with Gasteiger partial charge in [0.25, 0.3) is 0 Å². The maximum Gasteiger partial charge on any atom is 0.335 e. The number of fused-ring (bicyclic) bond motifs is 1. The maximum atomic E-state index is 11.1. The first-order chi connectivity index (χ1) is 10.7. The molecule has 0 unspecified atom stereocenters. The first-order valence-electron chi connectivity index (χ1n) is 6.68. The van der Waals surface area contributed by atoms with Gasteiger partial charge < -0.3 is 14.6 Å². The highest BCUT2D eigenvalue weighted by molar-refractivity contribution is 7.17. The molecular weight excluding hydrogens is 300 g/mol. The summed E-state index contributed by atoms with van der Waals surface area (Å²) in [5.74, 6) is 0.414. The number of aromatic carboxylic acids is 1. The molecule has 2 aromatic carbocycles. The molecule has 22 heavy (non-hydrogen) atoms. The summed E-state index contributed by atoms with van der Waals surface area (Å²) < 4.78 is 12.1. The average Bonchev–Trinajstić information content (AvgIpc) is 2.95. The Labute approximate surface area is 131 Å². The predicted octanol–water partition coefficient (Wildman–Crippen LogP) is 4.19. The molecule has 4 nitrogen and oxygen atoms in total. The van der Waals surface area contributed by atoms with Gasteiger partial charge in [-0.25, -0.2) is 4.79 Å². The fourth-order valence-electron chi connectivity index (χ4n) is 2.22. The molecule has 0 amide bonds. The minimum absolute atomic E-state index is 0.282. The number of hydrogen-bond acceptors (Lipinski definition) is 4. The highest BCUT2D eigenvalue weighted by Gasteiger charge is 2.10. The molecule has 0 aliphatic carbocycles. The molecule has 0 saturated heterocycles. The lowest BCUT2D eigenvalue weighted by atomic mass is 10.1. The van der Waals surface area contributed by atoms with Crippen molar-refractivity contribution >= 4 is 27.4 Å². The Morgan fingerprint density at radius 3 is 2.68 bits per heavy atom. The molecule has 3 aromatic rings. The van der Waals surface area contributed by atoms with Gasteiger partial charge in [-0.2, -0.15) is 0 Å². The number of thiophene rings is 1. The lowest BCUT2D eigenvalue weighted by molar-refractivity contribution is 0.0697. The zero-order valence-corrected chi connectivity index (χ0v) is 12.7. The van der Waals surface area contributed by atoms with Crippen LogP contribution in [0.15, 0.2) is 47.8 Å². The second-order valence-corrected chi connectivity index (χ2v) is 5.63. The van der Waals surface area contributed by atoms with Crippen LogP contribution in [0.1, 0.15) is 15.9 Å². The van der Waals surface area contributed by atoms with Crippen molar-refractivity contribution in [3.8, 4) is 11.5 Å². The number of carboxylic acid groups (broad SMARTS) is 1. The van der Waals surface area contributed by atoms with Gasteiger partial charge in [0, 0.05) is 10.3 Å². The molecule has 0 aliphatic rings. The van der Waals surface area contributed by atoms with Crippen LogP contribution >= 0.6 is 11.3 Å². The molecule has 1 aromatic heterocycles. The van der Waals surface area contributed by atoms with Crippen molar-refractivity contribution in [2.45, 2.75) is 6.61 Å². The lowest BCUT2D eigenvalue weighted by Crippen LogP contribution is -1.98. The summed E-state index contributed by atoms with van der Waals surface area (Å²) in [5, 5.41) is 12.0. The number of benzene rings is 2. The number of ether oxygens (including phenoxy) is 2. The van der Waals surface area contributed by atoms with Gasteiger partial charge >= 0.3 is 5.97 Å². The maximum absolute atomic E-state index is 11.1. The SMILES string of the molecule is COc1ccccc1OCc1csc2ccc(C(=O)O)cc12. The topological polar surface area (TPSA) is 55.8 Å². The fourth-order valence-corrected chi connectivity index (χ4v) is 3.15. The first kappa shape index (κ1) is 14.4. The molecule has 0 saturated carbocycles. The van der Waals surface area contributed by atoms with Crippen LogP contribution in [-0.4, -0.2) is 18.2 Å². The summed E-state index contributed by atoms with van der Waals surface area (Å²) in [7, 11) is 1.60. The average molecular weight is 314 g/mol. The first-order valence-corrected chi connectivity index (χ1v) is 7.56. The zero-order chi connectivity index (χ0) is 15.5. The molecular formula is C17H14O4S. The van der Waals surface area contributed by atoms with E-state index in [2.05, 4.69) is 0 Å². The van der Waals surface area contributed by atoms with Gasteiger partial charge in [0.05, 0.1) is 12.7 Å². The van der Waals surface area contributed by atoms with Crippen molar-refractivity contribution < 1.29 is 19.4 Å². The van der Waals surface area contributed by atoms with Gasteiger partial charge in [0.2, 0.25) is 0 Å². The molecule has 0 aliphatic heterocycles. The molecule has 5 heteroatoms. The van der Waals surface area contributed by atoms with Crippen molar-refractivity contribution in [2.75, 3.05) is 7.11 Å². The van der Waals surface area contributed by atoms with Gasteiger partial charge in [-0.3, -0.25) is 0 Å². The standard InChI is InChI=1S/C17H14O4S/c1-20-14-4-2-3-5-15(14)21-9-12-10-22-16-7-6-11(17(18)19)8-13(12)16/h2-8,10H,9H2,1H3,(H,18,19). The van der Waals surface area contributed by atoms with Crippen molar-refractivity contribution in [2.24, 2.45) is 0 Å². The third kappa shape index (κ3) is 2.76. The third-order valence-electron chi connectivity index (χ3n) is 3.35.